The number of aryl methyl sites for hydroxylation is 3. The first-order valence-corrected chi connectivity index (χ1v) is 8.70. The monoisotopic (exact) mass is 337 g/mol. The van der Waals surface area contributed by atoms with Crippen molar-refractivity contribution in [1.29, 1.82) is 0 Å². The van der Waals surface area contributed by atoms with Crippen LogP contribution in [0, 0.1) is 13.8 Å². The second kappa shape index (κ2) is 6.40. The molecular formula is C18H23N7. The van der Waals surface area contributed by atoms with Crippen molar-refractivity contribution in [2.75, 3.05) is 6.54 Å². The van der Waals surface area contributed by atoms with E-state index in [1.807, 2.05) is 22.6 Å². The van der Waals surface area contributed by atoms with Crippen molar-refractivity contribution in [3.8, 4) is 5.69 Å². The van der Waals surface area contributed by atoms with Gasteiger partial charge in [-0.25, -0.2) is 0 Å². The van der Waals surface area contributed by atoms with Crippen molar-refractivity contribution in [1.82, 2.24) is 34.9 Å². The Morgan fingerprint density at radius 1 is 1.20 bits per heavy atom. The molecule has 7 heteroatoms. The van der Waals surface area contributed by atoms with Crippen molar-refractivity contribution < 1.29 is 0 Å². The molecule has 0 amide bonds. The maximum atomic E-state index is 4.33. The zero-order chi connectivity index (χ0) is 17.4. The molecule has 0 bridgehead atoms. The van der Waals surface area contributed by atoms with Gasteiger partial charge in [-0.3, -0.25) is 9.58 Å². The van der Waals surface area contributed by atoms with E-state index in [9.17, 15) is 0 Å². The first-order valence-electron chi connectivity index (χ1n) is 8.70. The Labute approximate surface area is 147 Å². The first kappa shape index (κ1) is 16.0. The molecule has 0 aliphatic carbocycles. The molecular weight excluding hydrogens is 314 g/mol. The van der Waals surface area contributed by atoms with Crippen LogP contribution < -0.4 is 0 Å². The van der Waals surface area contributed by atoms with Crippen LogP contribution >= 0.6 is 0 Å². The third-order valence-corrected chi connectivity index (χ3v) is 5.00. The zero-order valence-corrected chi connectivity index (χ0v) is 14.9. The Balaban J connectivity index is 1.63. The van der Waals surface area contributed by atoms with Crippen molar-refractivity contribution in [3.63, 3.8) is 0 Å². The number of rotatable bonds is 4. The Morgan fingerprint density at radius 2 is 2.00 bits per heavy atom. The molecule has 4 rings (SSSR count). The number of tetrazole rings is 1. The van der Waals surface area contributed by atoms with Crippen LogP contribution in [0.15, 0.2) is 30.6 Å². The van der Waals surface area contributed by atoms with Gasteiger partial charge in [0.25, 0.3) is 0 Å². The highest BCUT2D eigenvalue weighted by atomic mass is 15.5. The summed E-state index contributed by atoms with van der Waals surface area (Å²) in [5, 5.41) is 16.8. The molecule has 3 heterocycles. The molecule has 1 saturated heterocycles. The average molecular weight is 337 g/mol. The van der Waals surface area contributed by atoms with E-state index in [4.69, 9.17) is 0 Å². The number of para-hydroxylation sites is 1. The Kier molecular flexibility index (Phi) is 4.09. The Hall–Kier alpha value is -2.54. The van der Waals surface area contributed by atoms with E-state index in [0.717, 1.165) is 31.0 Å². The van der Waals surface area contributed by atoms with Crippen LogP contribution in [0.5, 0.6) is 0 Å². The van der Waals surface area contributed by atoms with Gasteiger partial charge < -0.3 is 0 Å². The highest BCUT2D eigenvalue weighted by molar-refractivity contribution is 5.46. The van der Waals surface area contributed by atoms with E-state index < -0.39 is 0 Å². The topological polar surface area (TPSA) is 64.7 Å². The molecule has 1 aliphatic heterocycles. The van der Waals surface area contributed by atoms with Crippen LogP contribution in [0.25, 0.3) is 5.69 Å². The summed E-state index contributed by atoms with van der Waals surface area (Å²) in [6.45, 7) is 5.99. The number of hydrogen-bond donors (Lipinski definition) is 0. The van der Waals surface area contributed by atoms with Gasteiger partial charge in [0.15, 0.2) is 5.82 Å². The molecule has 0 saturated carbocycles. The third kappa shape index (κ3) is 2.95. The molecule has 1 unspecified atom stereocenters. The first-order chi connectivity index (χ1) is 12.1. The number of benzene rings is 1. The quantitative estimate of drug-likeness (QED) is 0.731. The van der Waals surface area contributed by atoms with Gasteiger partial charge in [-0.2, -0.15) is 9.78 Å². The van der Waals surface area contributed by atoms with Crippen LogP contribution in [0.4, 0.5) is 0 Å². The fraction of sp³-hybridized carbons (Fsp3) is 0.444. The molecule has 0 N–H and O–H groups in total. The maximum Gasteiger partial charge on any atom is 0.170 e. The summed E-state index contributed by atoms with van der Waals surface area (Å²) in [6.07, 6.45) is 6.41. The van der Waals surface area contributed by atoms with Crippen LogP contribution in [-0.2, 0) is 13.6 Å². The van der Waals surface area contributed by atoms with Gasteiger partial charge in [0.2, 0.25) is 0 Å². The molecule has 1 aromatic carbocycles. The van der Waals surface area contributed by atoms with Crippen molar-refractivity contribution in [2.24, 2.45) is 7.05 Å². The smallest absolute Gasteiger partial charge is 0.170 e. The van der Waals surface area contributed by atoms with Gasteiger partial charge >= 0.3 is 0 Å². The number of nitrogens with zero attached hydrogens (tertiary/aromatic N) is 7. The van der Waals surface area contributed by atoms with Crippen molar-refractivity contribution >= 4 is 0 Å². The number of hydrogen-bond acceptors (Lipinski definition) is 5. The van der Waals surface area contributed by atoms with Gasteiger partial charge in [-0.05, 0) is 54.8 Å². The lowest BCUT2D eigenvalue weighted by Crippen LogP contribution is -2.25. The number of aromatic nitrogens is 6. The van der Waals surface area contributed by atoms with Crippen molar-refractivity contribution in [3.05, 3.63) is 53.1 Å². The largest absolute Gasteiger partial charge is 0.289 e. The molecule has 130 valence electrons. The normalized spacial score (nSPS) is 18.1. The van der Waals surface area contributed by atoms with Crippen LogP contribution in [0.1, 0.15) is 41.4 Å². The van der Waals surface area contributed by atoms with Gasteiger partial charge in [-0.1, -0.05) is 18.2 Å². The zero-order valence-electron chi connectivity index (χ0n) is 14.9. The SMILES string of the molecule is Cc1cccc(C)c1-n1nnnc1CN1CCCC1c1cnn(C)c1. The van der Waals surface area contributed by atoms with E-state index in [1.54, 1.807) is 0 Å². The number of likely N-dealkylation sites (tertiary alicyclic amines) is 1. The summed E-state index contributed by atoms with van der Waals surface area (Å²) >= 11 is 0. The molecule has 1 fully saturated rings. The van der Waals surface area contributed by atoms with Crippen LogP contribution in [0.3, 0.4) is 0 Å². The summed E-state index contributed by atoms with van der Waals surface area (Å²) < 4.78 is 3.76. The summed E-state index contributed by atoms with van der Waals surface area (Å²) in [6, 6.07) is 6.65. The van der Waals surface area contributed by atoms with Gasteiger partial charge in [0.05, 0.1) is 18.4 Å². The Bertz CT molecular complexity index is 859. The summed E-state index contributed by atoms with van der Waals surface area (Å²) in [5.74, 6) is 0.883. The van der Waals surface area contributed by atoms with Gasteiger partial charge in [-0.15, -0.1) is 5.10 Å². The average Bonchev–Trinajstić information content (AvgIpc) is 3.30. The fourth-order valence-electron chi connectivity index (χ4n) is 3.80. The molecule has 1 atom stereocenters. The summed E-state index contributed by atoms with van der Waals surface area (Å²) in [4.78, 5) is 2.45. The fourth-order valence-corrected chi connectivity index (χ4v) is 3.80. The summed E-state index contributed by atoms with van der Waals surface area (Å²) in [7, 11) is 1.96. The van der Waals surface area contributed by atoms with E-state index in [-0.39, 0.29) is 0 Å². The van der Waals surface area contributed by atoms with Crippen LogP contribution in [-0.4, -0.2) is 41.4 Å². The molecule has 1 aliphatic rings. The predicted molar refractivity (Wildman–Crippen MR) is 94.2 cm³/mol. The van der Waals surface area contributed by atoms with E-state index in [2.05, 4.69) is 63.8 Å². The second-order valence-corrected chi connectivity index (χ2v) is 6.82. The minimum atomic E-state index is 0.386. The second-order valence-electron chi connectivity index (χ2n) is 6.82. The summed E-state index contributed by atoms with van der Waals surface area (Å²) in [5.41, 5.74) is 4.71. The molecule has 2 aromatic heterocycles. The standard InChI is InChI=1S/C18H23N7/c1-13-6-4-7-14(2)18(13)25-17(20-21-22-25)12-24-9-5-8-16(24)15-10-19-23(3)11-15/h4,6-7,10-11,16H,5,8-9,12H2,1-3H3. The highest BCUT2D eigenvalue weighted by Gasteiger charge is 2.28. The van der Waals surface area contributed by atoms with Gasteiger partial charge in [0.1, 0.15) is 0 Å². The highest BCUT2D eigenvalue weighted by Crippen LogP contribution is 2.32. The lowest BCUT2D eigenvalue weighted by molar-refractivity contribution is 0.240. The van der Waals surface area contributed by atoms with Gasteiger partial charge in [0, 0.05) is 24.8 Å². The van der Waals surface area contributed by atoms with Crippen LogP contribution in [0.2, 0.25) is 0 Å². The lowest BCUT2D eigenvalue weighted by Gasteiger charge is -2.23. The lowest BCUT2D eigenvalue weighted by atomic mass is 10.1. The minimum absolute atomic E-state index is 0.386. The molecule has 3 aromatic rings. The maximum absolute atomic E-state index is 4.33. The minimum Gasteiger partial charge on any atom is -0.289 e. The molecule has 0 spiro atoms. The third-order valence-electron chi connectivity index (χ3n) is 5.00. The Morgan fingerprint density at radius 3 is 2.72 bits per heavy atom. The molecule has 7 nitrogen and oxygen atoms in total. The van der Waals surface area contributed by atoms with E-state index >= 15 is 0 Å². The van der Waals surface area contributed by atoms with E-state index in [1.165, 1.54) is 23.1 Å². The van der Waals surface area contributed by atoms with E-state index in [0.29, 0.717) is 6.04 Å². The molecule has 25 heavy (non-hydrogen) atoms. The molecule has 0 radical (unpaired) electrons. The van der Waals surface area contributed by atoms with Crippen molar-refractivity contribution in [2.45, 2.75) is 39.3 Å². The predicted octanol–water partition coefficient (Wildman–Crippen LogP) is 2.35.